The highest BCUT2D eigenvalue weighted by Gasteiger charge is 2.30. The molecule has 2 N–H and O–H groups in total. The smallest absolute Gasteiger partial charge is 0.305 e. The molecule has 1 fully saturated rings. The molecule has 1 amide bonds. The van der Waals surface area contributed by atoms with Gasteiger partial charge in [0.1, 0.15) is 0 Å². The number of benzene rings is 1. The minimum Gasteiger partial charge on any atom is -0.481 e. The molecule has 0 aliphatic carbocycles. The summed E-state index contributed by atoms with van der Waals surface area (Å²) in [6.07, 6.45) is -0.0419. The Kier molecular flexibility index (Phi) is 4.16. The first-order valence-corrected chi connectivity index (χ1v) is 6.38. The number of nitrogens with zero attached hydrogens (tertiary/aromatic N) is 1. The number of amides is 1. The van der Waals surface area contributed by atoms with Crippen LogP contribution in [0.15, 0.2) is 24.3 Å². The summed E-state index contributed by atoms with van der Waals surface area (Å²) >= 11 is 0. The number of rotatable bonds is 5. The van der Waals surface area contributed by atoms with Crippen molar-refractivity contribution in [2.45, 2.75) is 13.3 Å². The molecule has 1 aromatic rings. The van der Waals surface area contributed by atoms with Crippen LogP contribution < -0.4 is 10.2 Å². The molecule has 5 nitrogen and oxygen atoms in total. The van der Waals surface area contributed by atoms with E-state index in [0.29, 0.717) is 13.1 Å². The highest BCUT2D eigenvalue weighted by Crippen LogP contribution is 2.19. The maximum Gasteiger partial charge on any atom is 0.305 e. The van der Waals surface area contributed by atoms with E-state index in [2.05, 4.69) is 5.32 Å². The molecular formula is C14H18N2O3. The van der Waals surface area contributed by atoms with E-state index < -0.39 is 5.97 Å². The molecule has 0 atom stereocenters. The number of carboxylic acids is 1. The van der Waals surface area contributed by atoms with Gasteiger partial charge in [-0.3, -0.25) is 9.59 Å². The Morgan fingerprint density at radius 3 is 2.42 bits per heavy atom. The molecule has 1 aliphatic rings. The number of nitrogens with one attached hydrogen (secondary N) is 1. The normalized spacial score (nSPS) is 14.8. The van der Waals surface area contributed by atoms with Crippen molar-refractivity contribution in [3.8, 4) is 0 Å². The SMILES string of the molecule is Cc1ccc(N(CCC(=O)O)C(=O)C2CNC2)cc1. The van der Waals surface area contributed by atoms with Crippen LogP contribution in [0.3, 0.4) is 0 Å². The summed E-state index contributed by atoms with van der Waals surface area (Å²) in [6, 6.07) is 7.58. The van der Waals surface area contributed by atoms with Gasteiger partial charge in [-0.1, -0.05) is 17.7 Å². The highest BCUT2D eigenvalue weighted by atomic mass is 16.4. The van der Waals surface area contributed by atoms with Gasteiger partial charge in [-0.15, -0.1) is 0 Å². The van der Waals surface area contributed by atoms with Gasteiger partial charge in [0, 0.05) is 25.3 Å². The van der Waals surface area contributed by atoms with Crippen LogP contribution in [-0.2, 0) is 9.59 Å². The maximum atomic E-state index is 12.3. The van der Waals surface area contributed by atoms with E-state index >= 15 is 0 Å². The Morgan fingerprint density at radius 1 is 1.32 bits per heavy atom. The molecule has 1 heterocycles. The van der Waals surface area contributed by atoms with Crippen molar-refractivity contribution in [2.24, 2.45) is 5.92 Å². The molecule has 0 aromatic heterocycles. The zero-order chi connectivity index (χ0) is 13.8. The molecule has 1 aromatic carbocycles. The molecule has 0 saturated carbocycles. The summed E-state index contributed by atoms with van der Waals surface area (Å²) in [7, 11) is 0. The molecular weight excluding hydrogens is 244 g/mol. The Bertz CT molecular complexity index is 466. The minimum atomic E-state index is -0.892. The fourth-order valence-corrected chi connectivity index (χ4v) is 1.98. The Morgan fingerprint density at radius 2 is 1.95 bits per heavy atom. The van der Waals surface area contributed by atoms with E-state index in [1.54, 1.807) is 4.90 Å². The van der Waals surface area contributed by atoms with Crippen molar-refractivity contribution < 1.29 is 14.7 Å². The fraction of sp³-hybridized carbons (Fsp3) is 0.429. The second kappa shape index (κ2) is 5.84. The highest BCUT2D eigenvalue weighted by molar-refractivity contribution is 5.96. The van der Waals surface area contributed by atoms with E-state index in [1.807, 2.05) is 31.2 Å². The molecule has 1 aliphatic heterocycles. The third-order valence-corrected chi connectivity index (χ3v) is 3.29. The third kappa shape index (κ3) is 3.32. The first-order chi connectivity index (χ1) is 9.08. The van der Waals surface area contributed by atoms with E-state index in [4.69, 9.17) is 5.11 Å². The number of aliphatic carboxylic acids is 1. The molecule has 0 unspecified atom stereocenters. The zero-order valence-corrected chi connectivity index (χ0v) is 10.9. The van der Waals surface area contributed by atoms with Gasteiger partial charge >= 0.3 is 5.97 Å². The fourth-order valence-electron chi connectivity index (χ4n) is 1.98. The number of carbonyl (C=O) groups excluding carboxylic acids is 1. The summed E-state index contributed by atoms with van der Waals surface area (Å²) < 4.78 is 0. The molecule has 0 radical (unpaired) electrons. The largest absolute Gasteiger partial charge is 0.481 e. The average molecular weight is 262 g/mol. The lowest BCUT2D eigenvalue weighted by Gasteiger charge is -2.32. The number of anilines is 1. The number of hydrogen-bond acceptors (Lipinski definition) is 3. The number of carbonyl (C=O) groups is 2. The summed E-state index contributed by atoms with van der Waals surface area (Å²) in [4.78, 5) is 24.6. The number of aryl methyl sites for hydroxylation is 1. The van der Waals surface area contributed by atoms with Gasteiger partial charge in [0.05, 0.1) is 12.3 Å². The summed E-state index contributed by atoms with van der Waals surface area (Å²) in [6.45, 7) is 3.54. The molecule has 2 rings (SSSR count). The summed E-state index contributed by atoms with van der Waals surface area (Å²) in [5.74, 6) is -0.921. The van der Waals surface area contributed by atoms with Crippen LogP contribution in [0.2, 0.25) is 0 Å². The van der Waals surface area contributed by atoms with Crippen LogP contribution in [0.4, 0.5) is 5.69 Å². The van der Waals surface area contributed by atoms with Gasteiger partial charge < -0.3 is 15.3 Å². The van der Waals surface area contributed by atoms with E-state index in [-0.39, 0.29) is 24.8 Å². The van der Waals surface area contributed by atoms with Crippen LogP contribution in [-0.4, -0.2) is 36.6 Å². The van der Waals surface area contributed by atoms with Gasteiger partial charge in [0.2, 0.25) is 5.91 Å². The van der Waals surface area contributed by atoms with Crippen molar-refractivity contribution in [3.05, 3.63) is 29.8 Å². The van der Waals surface area contributed by atoms with Crippen LogP contribution >= 0.6 is 0 Å². The van der Waals surface area contributed by atoms with E-state index in [9.17, 15) is 9.59 Å². The zero-order valence-electron chi connectivity index (χ0n) is 10.9. The van der Waals surface area contributed by atoms with Gasteiger partial charge in [0.15, 0.2) is 0 Å². The molecule has 19 heavy (non-hydrogen) atoms. The van der Waals surface area contributed by atoms with Crippen LogP contribution in [0.1, 0.15) is 12.0 Å². The van der Waals surface area contributed by atoms with Crippen LogP contribution in [0.25, 0.3) is 0 Å². The number of hydrogen-bond donors (Lipinski definition) is 2. The molecule has 102 valence electrons. The van der Waals surface area contributed by atoms with Crippen molar-refractivity contribution in [2.75, 3.05) is 24.5 Å². The minimum absolute atomic E-state index is 0.00357. The molecule has 0 spiro atoms. The van der Waals surface area contributed by atoms with Gasteiger partial charge in [-0.05, 0) is 19.1 Å². The monoisotopic (exact) mass is 262 g/mol. The summed E-state index contributed by atoms with van der Waals surface area (Å²) in [5, 5.41) is 11.9. The van der Waals surface area contributed by atoms with E-state index in [0.717, 1.165) is 11.3 Å². The topological polar surface area (TPSA) is 69.6 Å². The predicted octanol–water partition coefficient (Wildman–Crippen LogP) is 1.02. The Balaban J connectivity index is 2.14. The summed E-state index contributed by atoms with van der Waals surface area (Å²) in [5.41, 5.74) is 1.88. The van der Waals surface area contributed by atoms with Crippen molar-refractivity contribution in [1.82, 2.24) is 5.32 Å². The second-order valence-corrected chi connectivity index (χ2v) is 4.82. The first-order valence-electron chi connectivity index (χ1n) is 6.38. The standard InChI is InChI=1S/C14H18N2O3/c1-10-2-4-12(5-3-10)16(7-6-13(17)18)14(19)11-8-15-9-11/h2-5,11,15H,6-9H2,1H3,(H,17,18). The van der Waals surface area contributed by atoms with Crippen molar-refractivity contribution in [3.63, 3.8) is 0 Å². The molecule has 0 bridgehead atoms. The van der Waals surface area contributed by atoms with Gasteiger partial charge in [0.25, 0.3) is 0 Å². The lowest BCUT2D eigenvalue weighted by Crippen LogP contribution is -2.52. The van der Waals surface area contributed by atoms with Crippen molar-refractivity contribution in [1.29, 1.82) is 0 Å². The maximum absolute atomic E-state index is 12.3. The van der Waals surface area contributed by atoms with Crippen molar-refractivity contribution >= 4 is 17.6 Å². The Labute approximate surface area is 112 Å². The predicted molar refractivity (Wildman–Crippen MR) is 72.1 cm³/mol. The lowest BCUT2D eigenvalue weighted by atomic mass is 10.0. The van der Waals surface area contributed by atoms with Gasteiger partial charge in [-0.25, -0.2) is 0 Å². The van der Waals surface area contributed by atoms with Gasteiger partial charge in [-0.2, -0.15) is 0 Å². The quantitative estimate of drug-likeness (QED) is 0.831. The van der Waals surface area contributed by atoms with Crippen LogP contribution in [0, 0.1) is 12.8 Å². The van der Waals surface area contributed by atoms with Crippen LogP contribution in [0.5, 0.6) is 0 Å². The molecule has 5 heteroatoms. The second-order valence-electron chi connectivity index (χ2n) is 4.82. The van der Waals surface area contributed by atoms with E-state index in [1.165, 1.54) is 0 Å². The molecule has 1 saturated heterocycles. The Hall–Kier alpha value is -1.88. The first kappa shape index (κ1) is 13.5. The lowest BCUT2D eigenvalue weighted by molar-refractivity contribution is -0.136. The number of carboxylic acid groups (broad SMARTS) is 1. The third-order valence-electron chi connectivity index (χ3n) is 3.29. The average Bonchev–Trinajstić information content (AvgIpc) is 2.29.